The van der Waals surface area contributed by atoms with Gasteiger partial charge in [-0.25, -0.2) is 9.78 Å². The average molecular weight is 536 g/mol. The molecule has 1 aliphatic rings. The van der Waals surface area contributed by atoms with Crippen molar-refractivity contribution in [3.8, 4) is 23.0 Å². The number of halogens is 1. The molecule has 0 amide bonds. The van der Waals surface area contributed by atoms with Gasteiger partial charge in [0, 0.05) is 17.5 Å². The monoisotopic (exact) mass is 535 g/mol. The summed E-state index contributed by atoms with van der Waals surface area (Å²) in [6.07, 6.45) is 3.38. The Bertz CT molecular complexity index is 1430. The highest BCUT2D eigenvalue weighted by atomic mass is 35.5. The summed E-state index contributed by atoms with van der Waals surface area (Å²) >= 11 is 5.88. The Morgan fingerprint density at radius 2 is 1.95 bits per heavy atom. The fraction of sp³-hybridized carbons (Fsp3) is 0.393. The quantitative estimate of drug-likeness (QED) is 0.277. The number of benzene rings is 1. The number of pyridine rings is 1. The predicted octanol–water partition coefficient (Wildman–Crippen LogP) is 5.90. The van der Waals surface area contributed by atoms with Crippen LogP contribution in [0.25, 0.3) is 23.0 Å². The number of carbonyl (C=O) groups is 1. The van der Waals surface area contributed by atoms with Crippen molar-refractivity contribution in [1.29, 1.82) is 0 Å². The summed E-state index contributed by atoms with van der Waals surface area (Å²) in [5.74, 6) is -0.169. The van der Waals surface area contributed by atoms with E-state index in [-0.39, 0.29) is 0 Å². The molecule has 0 saturated heterocycles. The van der Waals surface area contributed by atoms with Crippen molar-refractivity contribution in [3.63, 3.8) is 0 Å². The van der Waals surface area contributed by atoms with Gasteiger partial charge in [0.15, 0.2) is 11.8 Å². The lowest BCUT2D eigenvalue weighted by Gasteiger charge is -2.46. The second kappa shape index (κ2) is 9.96. The molecule has 38 heavy (non-hydrogen) atoms. The van der Waals surface area contributed by atoms with Crippen LogP contribution in [0.4, 0.5) is 0 Å². The highest BCUT2D eigenvalue weighted by Crippen LogP contribution is 2.47. The van der Waals surface area contributed by atoms with Crippen LogP contribution in [0.3, 0.4) is 0 Å². The molecule has 1 aromatic carbocycles. The molecular weight excluding hydrogens is 506 g/mol. The number of ether oxygens (including phenoxy) is 1. The molecule has 10 heteroatoms. The lowest BCUT2D eigenvalue weighted by molar-refractivity contribution is -0.197. The first-order valence-electron chi connectivity index (χ1n) is 12.5. The zero-order chi connectivity index (χ0) is 27.1. The van der Waals surface area contributed by atoms with Gasteiger partial charge in [0.1, 0.15) is 5.15 Å². The number of carboxylic acids is 1. The average Bonchev–Trinajstić information content (AvgIpc) is 3.46. The molecule has 9 nitrogen and oxygen atoms in total. The molecular formula is C28H30ClN5O4. The Morgan fingerprint density at radius 1 is 1.21 bits per heavy atom. The van der Waals surface area contributed by atoms with Gasteiger partial charge in [-0.2, -0.15) is 10.1 Å². The van der Waals surface area contributed by atoms with Crippen LogP contribution in [-0.2, 0) is 21.7 Å². The second-order valence-corrected chi connectivity index (χ2v) is 11.3. The maximum Gasteiger partial charge on any atom is 0.333 e. The fourth-order valence-electron chi connectivity index (χ4n) is 4.61. The molecule has 1 saturated carbocycles. The van der Waals surface area contributed by atoms with Crippen molar-refractivity contribution in [2.45, 2.75) is 65.2 Å². The molecule has 0 spiro atoms. The van der Waals surface area contributed by atoms with Crippen LogP contribution >= 0.6 is 11.6 Å². The SMILES string of the molecule is Cc1cc(-c2nc(-c3ccc(C4(OC(C(=O)O)C(C)(C)C)CCC4)cc3)no2)nn1Cc1ccc(Cl)nc1. The maximum atomic E-state index is 11.9. The molecule has 0 radical (unpaired) electrons. The van der Waals surface area contributed by atoms with E-state index in [1.54, 1.807) is 12.3 Å². The van der Waals surface area contributed by atoms with Gasteiger partial charge in [0.05, 0.1) is 12.1 Å². The number of carboxylic acid groups (broad SMARTS) is 1. The van der Waals surface area contributed by atoms with Crippen LogP contribution in [0.15, 0.2) is 53.2 Å². The molecule has 1 N–H and O–H groups in total. The minimum Gasteiger partial charge on any atom is -0.479 e. The normalized spacial score (nSPS) is 15.7. The van der Waals surface area contributed by atoms with E-state index >= 15 is 0 Å². The molecule has 198 valence electrons. The van der Waals surface area contributed by atoms with E-state index in [4.69, 9.17) is 20.9 Å². The Morgan fingerprint density at radius 3 is 2.53 bits per heavy atom. The van der Waals surface area contributed by atoms with Gasteiger partial charge in [0.2, 0.25) is 5.82 Å². The summed E-state index contributed by atoms with van der Waals surface area (Å²) in [7, 11) is 0. The summed E-state index contributed by atoms with van der Waals surface area (Å²) in [4.78, 5) is 20.6. The second-order valence-electron chi connectivity index (χ2n) is 10.9. The van der Waals surface area contributed by atoms with E-state index in [2.05, 4.69) is 20.2 Å². The molecule has 1 unspecified atom stereocenters. The van der Waals surface area contributed by atoms with E-state index in [1.807, 2.05) is 68.8 Å². The van der Waals surface area contributed by atoms with Crippen LogP contribution < -0.4 is 0 Å². The lowest BCUT2D eigenvalue weighted by Crippen LogP contribution is -2.47. The van der Waals surface area contributed by atoms with Gasteiger partial charge in [-0.15, -0.1) is 0 Å². The third-order valence-corrected chi connectivity index (χ3v) is 7.16. The maximum absolute atomic E-state index is 11.9. The number of hydrogen-bond acceptors (Lipinski definition) is 7. The van der Waals surface area contributed by atoms with E-state index in [1.165, 1.54) is 0 Å². The van der Waals surface area contributed by atoms with E-state index in [0.717, 1.165) is 41.6 Å². The molecule has 3 heterocycles. The van der Waals surface area contributed by atoms with E-state index < -0.39 is 23.1 Å². The minimum atomic E-state index is -0.942. The summed E-state index contributed by atoms with van der Waals surface area (Å²) in [6.45, 7) is 8.15. The van der Waals surface area contributed by atoms with Gasteiger partial charge in [0.25, 0.3) is 5.89 Å². The standard InChI is InChI=1S/C28H30ClN5O4/c1-17-14-21(32-34(17)16-18-6-11-22(29)30-15-18)25-31-24(33-38-25)19-7-9-20(10-8-19)28(12-5-13-28)37-23(26(35)36)27(2,3)4/h6-11,14-15,23H,5,12-13,16H2,1-4H3,(H,35,36). The molecule has 5 rings (SSSR count). The van der Waals surface area contributed by atoms with E-state index in [9.17, 15) is 9.90 Å². The van der Waals surface area contributed by atoms with Crippen LogP contribution in [0.2, 0.25) is 5.15 Å². The van der Waals surface area contributed by atoms with Crippen LogP contribution in [0.1, 0.15) is 56.9 Å². The lowest BCUT2D eigenvalue weighted by atomic mass is 9.74. The van der Waals surface area contributed by atoms with Crippen molar-refractivity contribution in [2.75, 3.05) is 0 Å². The van der Waals surface area contributed by atoms with Crippen molar-refractivity contribution < 1.29 is 19.2 Å². The zero-order valence-corrected chi connectivity index (χ0v) is 22.6. The largest absolute Gasteiger partial charge is 0.479 e. The van der Waals surface area contributed by atoms with Gasteiger partial charge in [-0.1, -0.05) is 67.9 Å². The summed E-state index contributed by atoms with van der Waals surface area (Å²) < 4.78 is 13.7. The van der Waals surface area contributed by atoms with Crippen LogP contribution in [0.5, 0.6) is 0 Å². The zero-order valence-electron chi connectivity index (χ0n) is 21.8. The highest BCUT2D eigenvalue weighted by Gasteiger charge is 2.46. The van der Waals surface area contributed by atoms with Crippen molar-refractivity contribution in [1.82, 2.24) is 24.9 Å². The number of aromatic nitrogens is 5. The van der Waals surface area contributed by atoms with Gasteiger partial charge in [-0.3, -0.25) is 4.68 Å². The van der Waals surface area contributed by atoms with Crippen molar-refractivity contribution in [3.05, 3.63) is 70.6 Å². The van der Waals surface area contributed by atoms with Gasteiger partial charge < -0.3 is 14.4 Å². The van der Waals surface area contributed by atoms with Crippen LogP contribution in [-0.4, -0.2) is 42.1 Å². The summed E-state index contributed by atoms with van der Waals surface area (Å²) in [5, 5.41) is 19.0. The Kier molecular flexibility index (Phi) is 6.83. The first-order chi connectivity index (χ1) is 18.0. The fourth-order valence-corrected chi connectivity index (χ4v) is 4.72. The van der Waals surface area contributed by atoms with Gasteiger partial charge in [-0.05, 0) is 54.9 Å². The number of aliphatic carboxylic acids is 1. The Hall–Kier alpha value is -3.56. The molecule has 0 aliphatic heterocycles. The molecule has 3 aromatic heterocycles. The highest BCUT2D eigenvalue weighted by molar-refractivity contribution is 6.29. The molecule has 1 fully saturated rings. The molecule has 1 aliphatic carbocycles. The van der Waals surface area contributed by atoms with Gasteiger partial charge >= 0.3 is 5.97 Å². The van der Waals surface area contributed by atoms with E-state index in [0.29, 0.717) is 29.1 Å². The first kappa shape index (κ1) is 26.1. The number of nitrogens with zero attached hydrogens (tertiary/aromatic N) is 5. The smallest absolute Gasteiger partial charge is 0.333 e. The summed E-state index contributed by atoms with van der Waals surface area (Å²) in [6, 6.07) is 13.3. The third kappa shape index (κ3) is 5.21. The molecule has 0 bridgehead atoms. The number of hydrogen-bond donors (Lipinski definition) is 1. The first-order valence-corrected chi connectivity index (χ1v) is 12.9. The topological polar surface area (TPSA) is 116 Å². The summed E-state index contributed by atoms with van der Waals surface area (Å²) in [5.41, 5.74) is 3.13. The molecule has 4 aromatic rings. The van der Waals surface area contributed by atoms with Crippen molar-refractivity contribution >= 4 is 17.6 Å². The predicted molar refractivity (Wildman–Crippen MR) is 142 cm³/mol. The van der Waals surface area contributed by atoms with Crippen molar-refractivity contribution in [2.24, 2.45) is 5.41 Å². The number of aryl methyl sites for hydroxylation is 1. The van der Waals surface area contributed by atoms with Crippen LogP contribution in [0, 0.1) is 12.3 Å². The Labute approximate surface area is 225 Å². The Balaban J connectivity index is 1.33. The third-order valence-electron chi connectivity index (χ3n) is 6.93. The minimum absolute atomic E-state index is 0.327. The molecule has 1 atom stereocenters. The number of rotatable bonds is 8.